The predicted octanol–water partition coefficient (Wildman–Crippen LogP) is 1.48. The summed E-state index contributed by atoms with van der Waals surface area (Å²) in [5.41, 5.74) is 6.57. The van der Waals surface area contributed by atoms with Gasteiger partial charge in [-0.05, 0) is 25.1 Å². The number of ketones is 1. The monoisotopic (exact) mass is 165 g/mol. The smallest absolute Gasteiger partial charge is 0.162 e. The number of Topliss-reactive ketones (excluding diaryl/α,β-unsaturated/α-hetero) is 1. The van der Waals surface area contributed by atoms with Gasteiger partial charge in [0.25, 0.3) is 0 Å². The number of hydrogen-bond acceptors (Lipinski definition) is 3. The van der Waals surface area contributed by atoms with E-state index in [1.165, 1.54) is 6.92 Å². The summed E-state index contributed by atoms with van der Waals surface area (Å²) in [5, 5.41) is 0. The number of carbonyl (C=O) groups excluding carboxylic acids is 1. The van der Waals surface area contributed by atoms with Gasteiger partial charge >= 0.3 is 0 Å². The fraction of sp³-hybridized carbons (Fsp3) is 0.222. The van der Waals surface area contributed by atoms with E-state index >= 15 is 0 Å². The Bertz CT molecular complexity index is 307. The van der Waals surface area contributed by atoms with Crippen molar-refractivity contribution in [3.8, 4) is 5.75 Å². The number of carbonyl (C=O) groups is 1. The average Bonchev–Trinajstić information content (AvgIpc) is 2.05. The minimum atomic E-state index is -0.0496. The molecule has 0 spiro atoms. The van der Waals surface area contributed by atoms with Gasteiger partial charge < -0.3 is 10.5 Å². The molecular weight excluding hydrogens is 154 g/mol. The number of nitrogens with two attached hydrogens (primary N) is 1. The number of ether oxygens (including phenoxy) is 1. The Kier molecular flexibility index (Phi) is 2.33. The molecule has 0 aliphatic rings. The highest BCUT2D eigenvalue weighted by atomic mass is 16.5. The third kappa shape index (κ3) is 1.56. The van der Waals surface area contributed by atoms with Gasteiger partial charge in [0.15, 0.2) is 5.78 Å². The van der Waals surface area contributed by atoms with Gasteiger partial charge in [-0.1, -0.05) is 0 Å². The van der Waals surface area contributed by atoms with E-state index in [-0.39, 0.29) is 5.78 Å². The molecule has 1 rings (SSSR count). The number of rotatable bonds is 2. The molecule has 0 saturated heterocycles. The van der Waals surface area contributed by atoms with E-state index in [1.807, 2.05) is 0 Å². The molecule has 0 aliphatic heterocycles. The first-order valence-corrected chi connectivity index (χ1v) is 3.59. The predicted molar refractivity (Wildman–Crippen MR) is 47.4 cm³/mol. The van der Waals surface area contributed by atoms with Crippen molar-refractivity contribution in [3.05, 3.63) is 23.8 Å². The van der Waals surface area contributed by atoms with Crippen molar-refractivity contribution in [2.24, 2.45) is 0 Å². The number of hydrogen-bond donors (Lipinski definition) is 1. The summed E-state index contributed by atoms with van der Waals surface area (Å²) in [6.45, 7) is 1.48. The Morgan fingerprint density at radius 2 is 2.17 bits per heavy atom. The Balaban J connectivity index is 3.17. The van der Waals surface area contributed by atoms with Crippen LogP contribution in [0, 0.1) is 0 Å². The van der Waals surface area contributed by atoms with E-state index in [0.717, 1.165) is 0 Å². The third-order valence-corrected chi connectivity index (χ3v) is 1.64. The first-order chi connectivity index (χ1) is 5.65. The van der Waals surface area contributed by atoms with Gasteiger partial charge in [-0.2, -0.15) is 0 Å². The molecule has 12 heavy (non-hydrogen) atoms. The zero-order chi connectivity index (χ0) is 9.14. The molecule has 0 bridgehead atoms. The third-order valence-electron chi connectivity index (χ3n) is 1.64. The highest BCUT2D eigenvalue weighted by molar-refractivity contribution is 5.99. The molecule has 1 aromatic carbocycles. The van der Waals surface area contributed by atoms with Crippen LogP contribution in [-0.4, -0.2) is 12.9 Å². The van der Waals surface area contributed by atoms with Gasteiger partial charge in [0, 0.05) is 11.3 Å². The molecule has 2 N–H and O–H groups in total. The molecule has 0 radical (unpaired) electrons. The Labute approximate surface area is 71.1 Å². The second-order valence-corrected chi connectivity index (χ2v) is 2.51. The van der Waals surface area contributed by atoms with Gasteiger partial charge in [0.1, 0.15) is 5.75 Å². The molecule has 0 amide bonds. The Hall–Kier alpha value is -1.51. The molecule has 0 aromatic heterocycles. The van der Waals surface area contributed by atoms with Crippen molar-refractivity contribution in [3.63, 3.8) is 0 Å². The molecule has 64 valence electrons. The van der Waals surface area contributed by atoms with E-state index in [2.05, 4.69) is 0 Å². The highest BCUT2D eigenvalue weighted by Crippen LogP contribution is 2.19. The molecule has 3 nitrogen and oxygen atoms in total. The maximum atomic E-state index is 11.0. The van der Waals surface area contributed by atoms with E-state index in [1.54, 1.807) is 25.3 Å². The lowest BCUT2D eigenvalue weighted by Gasteiger charge is -2.04. The summed E-state index contributed by atoms with van der Waals surface area (Å²) < 4.78 is 4.95. The van der Waals surface area contributed by atoms with E-state index in [4.69, 9.17) is 10.5 Å². The fourth-order valence-electron chi connectivity index (χ4n) is 0.967. The summed E-state index contributed by atoms with van der Waals surface area (Å²) >= 11 is 0. The summed E-state index contributed by atoms with van der Waals surface area (Å²) in [6, 6.07) is 5.02. The molecule has 0 unspecified atom stereocenters. The van der Waals surface area contributed by atoms with Gasteiger partial charge in [0.2, 0.25) is 0 Å². The van der Waals surface area contributed by atoms with Gasteiger partial charge in [-0.3, -0.25) is 4.79 Å². The Morgan fingerprint density at radius 3 is 2.67 bits per heavy atom. The summed E-state index contributed by atoms with van der Waals surface area (Å²) in [4.78, 5) is 11.0. The number of nitrogen functional groups attached to an aromatic ring is 1. The SMILES string of the molecule is COc1ccc(N)c(C(C)=O)c1. The van der Waals surface area contributed by atoms with Gasteiger partial charge in [0.05, 0.1) is 7.11 Å². The van der Waals surface area contributed by atoms with Crippen LogP contribution in [0.1, 0.15) is 17.3 Å². The van der Waals surface area contributed by atoms with Crippen molar-refractivity contribution < 1.29 is 9.53 Å². The minimum Gasteiger partial charge on any atom is -0.497 e. The highest BCUT2D eigenvalue weighted by Gasteiger charge is 2.05. The summed E-state index contributed by atoms with van der Waals surface area (Å²) in [7, 11) is 1.55. The van der Waals surface area contributed by atoms with Crippen LogP contribution in [-0.2, 0) is 0 Å². The van der Waals surface area contributed by atoms with Crippen LogP contribution in [0.5, 0.6) is 5.75 Å². The van der Waals surface area contributed by atoms with Crippen molar-refractivity contribution >= 4 is 11.5 Å². The lowest BCUT2D eigenvalue weighted by atomic mass is 10.1. The first kappa shape index (κ1) is 8.59. The molecular formula is C9H11NO2. The standard InChI is InChI=1S/C9H11NO2/c1-6(11)8-5-7(12-2)3-4-9(8)10/h3-5H,10H2,1-2H3. The van der Waals surface area contributed by atoms with Crippen LogP contribution in [0.4, 0.5) is 5.69 Å². The summed E-state index contributed by atoms with van der Waals surface area (Å²) in [5.74, 6) is 0.598. The molecule has 0 atom stereocenters. The Morgan fingerprint density at radius 1 is 1.50 bits per heavy atom. The second-order valence-electron chi connectivity index (χ2n) is 2.51. The van der Waals surface area contributed by atoms with E-state index < -0.39 is 0 Å². The van der Waals surface area contributed by atoms with Crippen molar-refractivity contribution in [1.82, 2.24) is 0 Å². The lowest BCUT2D eigenvalue weighted by Crippen LogP contribution is -1.99. The number of benzene rings is 1. The van der Waals surface area contributed by atoms with E-state index in [9.17, 15) is 4.79 Å². The first-order valence-electron chi connectivity index (χ1n) is 3.59. The zero-order valence-electron chi connectivity index (χ0n) is 7.13. The number of methoxy groups -OCH3 is 1. The fourth-order valence-corrected chi connectivity index (χ4v) is 0.967. The lowest BCUT2D eigenvalue weighted by molar-refractivity contribution is 0.101. The second kappa shape index (κ2) is 3.26. The zero-order valence-corrected chi connectivity index (χ0v) is 7.13. The molecule has 0 heterocycles. The largest absolute Gasteiger partial charge is 0.497 e. The van der Waals surface area contributed by atoms with E-state index in [0.29, 0.717) is 17.0 Å². The van der Waals surface area contributed by atoms with Crippen molar-refractivity contribution in [2.45, 2.75) is 6.92 Å². The molecule has 1 aromatic rings. The molecule has 3 heteroatoms. The number of anilines is 1. The summed E-state index contributed by atoms with van der Waals surface area (Å²) in [6.07, 6.45) is 0. The van der Waals surface area contributed by atoms with Crippen LogP contribution < -0.4 is 10.5 Å². The normalized spacial score (nSPS) is 9.50. The molecule has 0 fully saturated rings. The van der Waals surface area contributed by atoms with Crippen LogP contribution in [0.3, 0.4) is 0 Å². The van der Waals surface area contributed by atoms with Crippen LogP contribution in [0.15, 0.2) is 18.2 Å². The van der Waals surface area contributed by atoms with Gasteiger partial charge in [-0.15, -0.1) is 0 Å². The molecule has 0 saturated carbocycles. The van der Waals surface area contributed by atoms with Crippen LogP contribution in [0.25, 0.3) is 0 Å². The topological polar surface area (TPSA) is 52.3 Å². The molecule has 0 aliphatic carbocycles. The van der Waals surface area contributed by atoms with Crippen LogP contribution >= 0.6 is 0 Å². The van der Waals surface area contributed by atoms with Crippen molar-refractivity contribution in [1.29, 1.82) is 0 Å². The van der Waals surface area contributed by atoms with Crippen LogP contribution in [0.2, 0.25) is 0 Å². The average molecular weight is 165 g/mol. The maximum absolute atomic E-state index is 11.0. The maximum Gasteiger partial charge on any atom is 0.162 e. The minimum absolute atomic E-state index is 0.0496. The van der Waals surface area contributed by atoms with Gasteiger partial charge in [-0.25, -0.2) is 0 Å². The quantitative estimate of drug-likeness (QED) is 0.533. The van der Waals surface area contributed by atoms with Crippen molar-refractivity contribution in [2.75, 3.05) is 12.8 Å².